The van der Waals surface area contributed by atoms with Gasteiger partial charge < -0.3 is 15.5 Å². The van der Waals surface area contributed by atoms with Gasteiger partial charge in [-0.05, 0) is 18.6 Å². The molecule has 16 heavy (non-hydrogen) atoms. The van der Waals surface area contributed by atoms with Crippen molar-refractivity contribution in [2.75, 3.05) is 6.61 Å². The molecule has 0 aliphatic rings. The molecule has 1 rings (SSSR count). The van der Waals surface area contributed by atoms with Gasteiger partial charge in [0, 0.05) is 18.7 Å². The molecule has 0 saturated carbocycles. The van der Waals surface area contributed by atoms with Crippen molar-refractivity contribution in [2.45, 2.75) is 19.5 Å². The maximum atomic E-state index is 10.4. The van der Waals surface area contributed by atoms with Gasteiger partial charge in [-0.1, -0.05) is 6.07 Å². The lowest BCUT2D eigenvalue weighted by atomic mass is 10.2. The Labute approximate surface area is 92.7 Å². The van der Waals surface area contributed by atoms with E-state index in [-0.39, 0.29) is 24.1 Å². The predicted molar refractivity (Wildman–Crippen MR) is 58.1 cm³/mol. The van der Waals surface area contributed by atoms with Gasteiger partial charge in [-0.2, -0.15) is 0 Å². The van der Waals surface area contributed by atoms with Crippen LogP contribution in [0, 0.1) is 10.1 Å². The fourth-order valence-corrected chi connectivity index (χ4v) is 1.19. The lowest BCUT2D eigenvalue weighted by Gasteiger charge is -2.10. The molecule has 0 radical (unpaired) electrons. The molecule has 0 saturated heterocycles. The number of nitro benzene ring substituents is 1. The molecule has 0 aromatic heterocycles. The summed E-state index contributed by atoms with van der Waals surface area (Å²) in [7, 11) is 0. The second-order valence-electron chi connectivity index (χ2n) is 3.54. The minimum absolute atomic E-state index is 0.0129. The first-order valence-electron chi connectivity index (χ1n) is 4.85. The highest BCUT2D eigenvalue weighted by molar-refractivity contribution is 5.47. The Morgan fingerprint density at radius 1 is 1.56 bits per heavy atom. The number of aromatic hydroxyl groups is 1. The third-order valence-electron chi connectivity index (χ3n) is 2.17. The van der Waals surface area contributed by atoms with Crippen LogP contribution >= 0.6 is 0 Å². The summed E-state index contributed by atoms with van der Waals surface area (Å²) in [5.74, 6) is -0.346. The summed E-state index contributed by atoms with van der Waals surface area (Å²) in [6, 6.07) is 4.11. The molecule has 1 atom stereocenters. The number of nitrogens with zero attached hydrogens (tertiary/aromatic N) is 1. The Morgan fingerprint density at radius 2 is 2.25 bits per heavy atom. The first-order chi connectivity index (χ1) is 7.54. The van der Waals surface area contributed by atoms with Crippen LogP contribution < -0.4 is 5.32 Å². The molecule has 0 amide bonds. The fourth-order valence-electron chi connectivity index (χ4n) is 1.19. The Balaban J connectivity index is 2.70. The molecule has 88 valence electrons. The maximum absolute atomic E-state index is 10.4. The first kappa shape index (κ1) is 12.4. The molecule has 6 heteroatoms. The highest BCUT2D eigenvalue weighted by atomic mass is 16.6. The van der Waals surface area contributed by atoms with Gasteiger partial charge in [-0.15, -0.1) is 0 Å². The van der Waals surface area contributed by atoms with E-state index in [2.05, 4.69) is 5.32 Å². The summed E-state index contributed by atoms with van der Waals surface area (Å²) in [6.45, 7) is 2.26. The van der Waals surface area contributed by atoms with Crippen molar-refractivity contribution >= 4 is 5.69 Å². The molecule has 0 fully saturated rings. The minimum Gasteiger partial charge on any atom is -0.502 e. The Bertz CT molecular complexity index is 381. The van der Waals surface area contributed by atoms with Gasteiger partial charge in [0.25, 0.3) is 0 Å². The van der Waals surface area contributed by atoms with Gasteiger partial charge in [0.1, 0.15) is 0 Å². The summed E-state index contributed by atoms with van der Waals surface area (Å²) >= 11 is 0. The van der Waals surface area contributed by atoms with E-state index in [0.717, 1.165) is 5.56 Å². The van der Waals surface area contributed by atoms with Crippen molar-refractivity contribution in [3.8, 4) is 5.75 Å². The Hall–Kier alpha value is -1.66. The number of nitrogens with one attached hydrogen (secondary N) is 1. The summed E-state index contributed by atoms with van der Waals surface area (Å²) in [6.07, 6.45) is 0. The van der Waals surface area contributed by atoms with Crippen LogP contribution in [-0.2, 0) is 6.54 Å². The molecule has 6 nitrogen and oxygen atoms in total. The summed E-state index contributed by atoms with van der Waals surface area (Å²) in [5.41, 5.74) is 0.419. The number of aliphatic hydroxyl groups excluding tert-OH is 1. The minimum atomic E-state index is -0.636. The normalized spacial score (nSPS) is 12.4. The number of nitro groups is 1. The number of phenols is 1. The molecule has 1 aromatic carbocycles. The van der Waals surface area contributed by atoms with Gasteiger partial charge >= 0.3 is 5.69 Å². The molecular weight excluding hydrogens is 212 g/mol. The van der Waals surface area contributed by atoms with Crippen molar-refractivity contribution in [1.29, 1.82) is 0 Å². The number of rotatable bonds is 5. The summed E-state index contributed by atoms with van der Waals surface area (Å²) in [5, 5.41) is 31.6. The number of phenolic OH excluding ortho intramolecular Hbond substituents is 1. The van der Waals surface area contributed by atoms with Crippen LogP contribution in [-0.4, -0.2) is 27.8 Å². The lowest BCUT2D eigenvalue weighted by molar-refractivity contribution is -0.385. The van der Waals surface area contributed by atoms with Crippen LogP contribution in [0.1, 0.15) is 12.5 Å². The van der Waals surface area contributed by atoms with Gasteiger partial charge in [0.15, 0.2) is 5.75 Å². The molecule has 1 unspecified atom stereocenters. The van der Waals surface area contributed by atoms with E-state index in [1.54, 1.807) is 6.07 Å². The number of benzene rings is 1. The zero-order chi connectivity index (χ0) is 12.1. The molecule has 0 aliphatic carbocycles. The average Bonchev–Trinajstić information content (AvgIpc) is 2.25. The highest BCUT2D eigenvalue weighted by Gasteiger charge is 2.12. The maximum Gasteiger partial charge on any atom is 0.310 e. The van der Waals surface area contributed by atoms with E-state index >= 15 is 0 Å². The highest BCUT2D eigenvalue weighted by Crippen LogP contribution is 2.26. The molecule has 3 N–H and O–H groups in total. The molecule has 0 heterocycles. The average molecular weight is 226 g/mol. The van der Waals surface area contributed by atoms with E-state index in [9.17, 15) is 15.2 Å². The van der Waals surface area contributed by atoms with Crippen molar-refractivity contribution in [3.05, 3.63) is 33.9 Å². The topological polar surface area (TPSA) is 95.6 Å². The summed E-state index contributed by atoms with van der Waals surface area (Å²) < 4.78 is 0. The lowest BCUT2D eigenvalue weighted by Crippen LogP contribution is -2.28. The number of hydrogen-bond acceptors (Lipinski definition) is 5. The fraction of sp³-hybridized carbons (Fsp3) is 0.400. The summed E-state index contributed by atoms with van der Waals surface area (Å²) in [4.78, 5) is 9.81. The third-order valence-corrected chi connectivity index (χ3v) is 2.17. The van der Waals surface area contributed by atoms with Gasteiger partial charge in [0.05, 0.1) is 11.5 Å². The van der Waals surface area contributed by atoms with E-state index < -0.39 is 4.92 Å². The van der Waals surface area contributed by atoms with Crippen LogP contribution in [0.3, 0.4) is 0 Å². The Kier molecular flexibility index (Phi) is 4.21. The molecule has 0 spiro atoms. The molecule has 0 bridgehead atoms. The van der Waals surface area contributed by atoms with Crippen molar-refractivity contribution in [3.63, 3.8) is 0 Å². The van der Waals surface area contributed by atoms with Crippen LogP contribution in [0.15, 0.2) is 18.2 Å². The second kappa shape index (κ2) is 5.43. The smallest absolute Gasteiger partial charge is 0.310 e. The van der Waals surface area contributed by atoms with E-state index in [1.807, 2.05) is 6.92 Å². The Morgan fingerprint density at radius 3 is 2.75 bits per heavy atom. The van der Waals surface area contributed by atoms with E-state index in [0.29, 0.717) is 6.54 Å². The zero-order valence-electron chi connectivity index (χ0n) is 8.88. The van der Waals surface area contributed by atoms with Crippen LogP contribution in [0.5, 0.6) is 5.75 Å². The third kappa shape index (κ3) is 3.18. The van der Waals surface area contributed by atoms with Crippen molar-refractivity contribution in [1.82, 2.24) is 5.32 Å². The van der Waals surface area contributed by atoms with Crippen LogP contribution in [0.4, 0.5) is 5.69 Å². The largest absolute Gasteiger partial charge is 0.502 e. The number of aliphatic hydroxyl groups is 1. The van der Waals surface area contributed by atoms with Gasteiger partial charge in [-0.25, -0.2) is 0 Å². The van der Waals surface area contributed by atoms with E-state index in [4.69, 9.17) is 5.11 Å². The standard InChI is InChI=1S/C10H14N2O4/c1-7(6-13)11-5-8-2-3-9(12(15)16)10(14)4-8/h2-4,7,11,13-14H,5-6H2,1H3. The zero-order valence-corrected chi connectivity index (χ0v) is 8.88. The first-order valence-corrected chi connectivity index (χ1v) is 4.85. The van der Waals surface area contributed by atoms with Gasteiger partial charge in [0.2, 0.25) is 0 Å². The molecule has 1 aromatic rings. The molecular formula is C10H14N2O4. The quantitative estimate of drug-likeness (QED) is 0.509. The monoisotopic (exact) mass is 226 g/mol. The predicted octanol–water partition coefficient (Wildman–Crippen LogP) is 0.771. The van der Waals surface area contributed by atoms with Crippen molar-refractivity contribution < 1.29 is 15.1 Å². The number of hydrogen-bond donors (Lipinski definition) is 3. The van der Waals surface area contributed by atoms with E-state index in [1.165, 1.54) is 12.1 Å². The van der Waals surface area contributed by atoms with Crippen LogP contribution in [0.2, 0.25) is 0 Å². The van der Waals surface area contributed by atoms with Gasteiger partial charge in [-0.3, -0.25) is 10.1 Å². The molecule has 0 aliphatic heterocycles. The SMILES string of the molecule is CC(CO)NCc1ccc([N+](=O)[O-])c(O)c1. The van der Waals surface area contributed by atoms with Crippen molar-refractivity contribution in [2.24, 2.45) is 0 Å². The van der Waals surface area contributed by atoms with Crippen LogP contribution in [0.25, 0.3) is 0 Å². The second-order valence-corrected chi connectivity index (χ2v) is 3.54.